The van der Waals surface area contributed by atoms with Gasteiger partial charge in [0.15, 0.2) is 5.89 Å². The van der Waals surface area contributed by atoms with Crippen LogP contribution in [0.4, 0.5) is 0 Å². The fraction of sp³-hybridized carbons (Fsp3) is 0.357. The van der Waals surface area contributed by atoms with Crippen molar-refractivity contribution in [3.8, 4) is 0 Å². The maximum absolute atomic E-state index is 12.0. The van der Waals surface area contributed by atoms with E-state index in [1.165, 1.54) is 0 Å². The van der Waals surface area contributed by atoms with Crippen LogP contribution >= 0.6 is 0 Å². The number of aromatic nitrogens is 1. The van der Waals surface area contributed by atoms with Gasteiger partial charge in [-0.25, -0.2) is 18.1 Å². The van der Waals surface area contributed by atoms with Gasteiger partial charge in [0.1, 0.15) is 5.76 Å². The topological polar surface area (TPSA) is 72.2 Å². The number of nitrogens with one attached hydrogen (secondary N) is 1. The molecule has 0 radical (unpaired) electrons. The molecule has 108 valence electrons. The van der Waals surface area contributed by atoms with E-state index in [-0.39, 0.29) is 12.3 Å². The van der Waals surface area contributed by atoms with Crippen LogP contribution in [0.3, 0.4) is 0 Å². The molecule has 0 fully saturated rings. The first-order chi connectivity index (χ1) is 9.46. The molecule has 0 amide bonds. The summed E-state index contributed by atoms with van der Waals surface area (Å²) in [5.74, 6) is 1.26. The molecule has 1 N–H and O–H groups in total. The lowest BCUT2D eigenvalue weighted by atomic mass is 10.1. The predicted octanol–water partition coefficient (Wildman–Crippen LogP) is 1.95. The molecule has 0 aliphatic carbocycles. The third kappa shape index (κ3) is 4.18. The van der Waals surface area contributed by atoms with E-state index >= 15 is 0 Å². The number of benzene rings is 1. The van der Waals surface area contributed by atoms with Gasteiger partial charge < -0.3 is 4.42 Å². The molecule has 0 saturated carbocycles. The van der Waals surface area contributed by atoms with E-state index in [1.807, 2.05) is 31.2 Å². The van der Waals surface area contributed by atoms with Gasteiger partial charge in [0, 0.05) is 13.0 Å². The number of nitrogens with zero attached hydrogens (tertiary/aromatic N) is 1. The third-order valence-corrected chi connectivity index (χ3v) is 4.27. The summed E-state index contributed by atoms with van der Waals surface area (Å²) in [5, 5.41) is 0. The summed E-state index contributed by atoms with van der Waals surface area (Å²) in [6.45, 7) is 3.99. The fourth-order valence-electron chi connectivity index (χ4n) is 1.86. The van der Waals surface area contributed by atoms with Crippen LogP contribution in [-0.2, 0) is 22.2 Å². The van der Waals surface area contributed by atoms with Gasteiger partial charge in [-0.05, 0) is 25.0 Å². The van der Waals surface area contributed by atoms with Crippen molar-refractivity contribution in [2.45, 2.75) is 26.0 Å². The van der Waals surface area contributed by atoms with Crippen LogP contribution in [0.15, 0.2) is 34.9 Å². The molecule has 0 aliphatic heterocycles. The molecule has 0 aliphatic rings. The molecule has 1 aromatic heterocycles. The van der Waals surface area contributed by atoms with Crippen LogP contribution in [-0.4, -0.2) is 19.9 Å². The molecule has 0 unspecified atom stereocenters. The van der Waals surface area contributed by atoms with Gasteiger partial charge in [0.05, 0.1) is 11.9 Å². The first-order valence-corrected chi connectivity index (χ1v) is 8.05. The van der Waals surface area contributed by atoms with Crippen LogP contribution < -0.4 is 4.72 Å². The minimum atomic E-state index is -3.34. The average Bonchev–Trinajstić information content (AvgIpc) is 2.77. The molecule has 2 aromatic rings. The standard InChI is InChI=1S/C14H18N2O3S/c1-11-5-3-4-6-13(11)10-20(17,18)16-8-7-14-15-9-12(2)19-14/h3-6,9,16H,7-8,10H2,1-2H3. The second-order valence-corrected chi connectivity index (χ2v) is 6.50. The SMILES string of the molecule is Cc1cnc(CCNS(=O)(=O)Cc2ccccc2C)o1. The predicted molar refractivity (Wildman–Crippen MR) is 76.7 cm³/mol. The molecule has 20 heavy (non-hydrogen) atoms. The number of aryl methyl sites for hydroxylation is 2. The number of sulfonamides is 1. The van der Waals surface area contributed by atoms with Crippen molar-refractivity contribution in [1.29, 1.82) is 0 Å². The quantitative estimate of drug-likeness (QED) is 0.884. The first kappa shape index (κ1) is 14.7. The van der Waals surface area contributed by atoms with Gasteiger partial charge in [0.25, 0.3) is 0 Å². The average molecular weight is 294 g/mol. The van der Waals surface area contributed by atoms with E-state index in [9.17, 15) is 8.42 Å². The Morgan fingerprint density at radius 3 is 2.65 bits per heavy atom. The van der Waals surface area contributed by atoms with Crippen LogP contribution in [0.1, 0.15) is 22.8 Å². The van der Waals surface area contributed by atoms with Crippen molar-refractivity contribution in [2.75, 3.05) is 6.54 Å². The van der Waals surface area contributed by atoms with E-state index in [0.717, 1.165) is 16.9 Å². The summed E-state index contributed by atoms with van der Waals surface area (Å²) >= 11 is 0. The molecule has 6 heteroatoms. The normalized spacial score (nSPS) is 11.7. The maximum atomic E-state index is 12.0. The summed E-state index contributed by atoms with van der Waals surface area (Å²) in [7, 11) is -3.34. The molecule has 0 bridgehead atoms. The Labute approximate surface area is 119 Å². The smallest absolute Gasteiger partial charge is 0.215 e. The van der Waals surface area contributed by atoms with Crippen LogP contribution in [0.2, 0.25) is 0 Å². The number of hydrogen-bond donors (Lipinski definition) is 1. The Kier molecular flexibility index (Phi) is 4.57. The molecular weight excluding hydrogens is 276 g/mol. The van der Waals surface area contributed by atoms with E-state index in [4.69, 9.17) is 4.42 Å². The maximum Gasteiger partial charge on any atom is 0.215 e. The van der Waals surface area contributed by atoms with Crippen LogP contribution in [0.25, 0.3) is 0 Å². The second-order valence-electron chi connectivity index (χ2n) is 4.69. The molecule has 0 saturated heterocycles. The van der Waals surface area contributed by atoms with Crippen molar-refractivity contribution < 1.29 is 12.8 Å². The Bertz CT molecular complexity index is 677. The highest BCUT2D eigenvalue weighted by Crippen LogP contribution is 2.10. The lowest BCUT2D eigenvalue weighted by Crippen LogP contribution is -2.27. The zero-order valence-corrected chi connectivity index (χ0v) is 12.4. The monoisotopic (exact) mass is 294 g/mol. The number of rotatable bonds is 6. The number of oxazole rings is 1. The zero-order chi connectivity index (χ0) is 14.6. The summed E-state index contributed by atoms with van der Waals surface area (Å²) in [6.07, 6.45) is 2.07. The lowest BCUT2D eigenvalue weighted by molar-refractivity contribution is 0.469. The fourth-order valence-corrected chi connectivity index (χ4v) is 3.11. The van der Waals surface area contributed by atoms with Gasteiger partial charge >= 0.3 is 0 Å². The minimum absolute atomic E-state index is 0.00964. The van der Waals surface area contributed by atoms with Gasteiger partial charge in [-0.15, -0.1) is 0 Å². The van der Waals surface area contributed by atoms with E-state index in [2.05, 4.69) is 9.71 Å². The summed E-state index contributed by atoms with van der Waals surface area (Å²) in [5.41, 5.74) is 1.79. The Morgan fingerprint density at radius 1 is 1.25 bits per heavy atom. The molecular formula is C14H18N2O3S. The molecule has 0 atom stereocenters. The highest BCUT2D eigenvalue weighted by Gasteiger charge is 2.13. The van der Waals surface area contributed by atoms with Gasteiger partial charge in [-0.3, -0.25) is 0 Å². The van der Waals surface area contributed by atoms with Gasteiger partial charge in [0.2, 0.25) is 10.0 Å². The Morgan fingerprint density at radius 2 is 2.00 bits per heavy atom. The van der Waals surface area contributed by atoms with E-state index in [1.54, 1.807) is 13.1 Å². The summed E-state index contributed by atoms with van der Waals surface area (Å²) in [4.78, 5) is 4.03. The first-order valence-electron chi connectivity index (χ1n) is 6.39. The minimum Gasteiger partial charge on any atom is -0.446 e. The largest absolute Gasteiger partial charge is 0.446 e. The second kappa shape index (κ2) is 6.19. The van der Waals surface area contributed by atoms with Crippen LogP contribution in [0.5, 0.6) is 0 Å². The molecule has 1 aromatic carbocycles. The third-order valence-electron chi connectivity index (χ3n) is 2.94. The van der Waals surface area contributed by atoms with E-state index < -0.39 is 10.0 Å². The van der Waals surface area contributed by atoms with Gasteiger partial charge in [-0.2, -0.15) is 0 Å². The van der Waals surface area contributed by atoms with Crippen molar-refractivity contribution in [3.63, 3.8) is 0 Å². The summed E-state index contributed by atoms with van der Waals surface area (Å²) < 4.78 is 31.8. The van der Waals surface area contributed by atoms with E-state index in [0.29, 0.717) is 12.3 Å². The number of hydrogen-bond acceptors (Lipinski definition) is 4. The highest BCUT2D eigenvalue weighted by molar-refractivity contribution is 7.88. The molecule has 0 spiro atoms. The van der Waals surface area contributed by atoms with Crippen molar-refractivity contribution in [2.24, 2.45) is 0 Å². The van der Waals surface area contributed by atoms with Crippen LogP contribution in [0, 0.1) is 13.8 Å². The van der Waals surface area contributed by atoms with Crippen molar-refractivity contribution >= 4 is 10.0 Å². The zero-order valence-electron chi connectivity index (χ0n) is 11.6. The summed E-state index contributed by atoms with van der Waals surface area (Å²) in [6, 6.07) is 7.46. The van der Waals surface area contributed by atoms with Gasteiger partial charge in [-0.1, -0.05) is 24.3 Å². The Hall–Kier alpha value is -1.66. The molecule has 2 rings (SSSR count). The lowest BCUT2D eigenvalue weighted by Gasteiger charge is -2.08. The molecule has 1 heterocycles. The van der Waals surface area contributed by atoms with Crippen molar-refractivity contribution in [1.82, 2.24) is 9.71 Å². The Balaban J connectivity index is 1.90. The molecule has 5 nitrogen and oxygen atoms in total. The highest BCUT2D eigenvalue weighted by atomic mass is 32.2. The van der Waals surface area contributed by atoms with Crippen molar-refractivity contribution in [3.05, 3.63) is 53.2 Å².